The number of hydrogen-bond donors (Lipinski definition) is 0. The molecular weight excluding hydrogens is 278 g/mol. The molecule has 94 valence electrons. The molecule has 1 aromatic carbocycles. The van der Waals surface area contributed by atoms with Crippen LogP contribution in [0.15, 0.2) is 24.3 Å². The Bertz CT molecular complexity index is 376. The molecule has 17 heavy (non-hydrogen) atoms. The maximum absolute atomic E-state index is 11.9. The van der Waals surface area contributed by atoms with Crippen LogP contribution in [0.1, 0.15) is 24.5 Å². The van der Waals surface area contributed by atoms with Gasteiger partial charge in [-0.15, -0.1) is 0 Å². The third-order valence-electron chi connectivity index (χ3n) is 2.82. The summed E-state index contributed by atoms with van der Waals surface area (Å²) in [7, 11) is 1.86. The SMILES string of the molecule is Cc1ccccc1CCC(=O)N(C)CC(C)Br. The van der Waals surface area contributed by atoms with Gasteiger partial charge in [-0.05, 0) is 24.5 Å². The molecule has 0 aliphatic heterocycles. The maximum Gasteiger partial charge on any atom is 0.222 e. The number of benzene rings is 1. The van der Waals surface area contributed by atoms with Gasteiger partial charge in [-0.25, -0.2) is 0 Å². The van der Waals surface area contributed by atoms with E-state index < -0.39 is 0 Å². The zero-order valence-electron chi connectivity index (χ0n) is 10.7. The first-order chi connectivity index (χ1) is 8.00. The van der Waals surface area contributed by atoms with Crippen molar-refractivity contribution in [3.05, 3.63) is 35.4 Å². The first-order valence-electron chi connectivity index (χ1n) is 5.93. The quantitative estimate of drug-likeness (QED) is 0.765. The van der Waals surface area contributed by atoms with E-state index in [0.29, 0.717) is 11.2 Å². The van der Waals surface area contributed by atoms with Gasteiger partial charge in [-0.3, -0.25) is 4.79 Å². The summed E-state index contributed by atoms with van der Waals surface area (Å²) < 4.78 is 0. The molecule has 0 saturated carbocycles. The summed E-state index contributed by atoms with van der Waals surface area (Å²) in [5.74, 6) is 0.208. The predicted molar refractivity (Wildman–Crippen MR) is 75.5 cm³/mol. The van der Waals surface area contributed by atoms with Crippen molar-refractivity contribution in [1.29, 1.82) is 0 Å². The highest BCUT2D eigenvalue weighted by molar-refractivity contribution is 9.09. The molecule has 0 heterocycles. The standard InChI is InChI=1S/C14H20BrNO/c1-11-6-4-5-7-13(11)8-9-14(17)16(3)10-12(2)15/h4-7,12H,8-10H2,1-3H3. The molecule has 1 amide bonds. The lowest BCUT2D eigenvalue weighted by Crippen LogP contribution is -2.31. The lowest BCUT2D eigenvalue weighted by atomic mass is 10.0. The summed E-state index contributed by atoms with van der Waals surface area (Å²) in [5, 5.41) is 0. The van der Waals surface area contributed by atoms with Gasteiger partial charge in [-0.2, -0.15) is 0 Å². The number of carbonyl (C=O) groups is 1. The minimum Gasteiger partial charge on any atom is -0.345 e. The second-order valence-corrected chi connectivity index (χ2v) is 6.04. The van der Waals surface area contributed by atoms with Gasteiger partial charge in [0.05, 0.1) is 0 Å². The van der Waals surface area contributed by atoms with Gasteiger partial charge >= 0.3 is 0 Å². The number of rotatable bonds is 5. The van der Waals surface area contributed by atoms with Crippen LogP contribution in [-0.2, 0) is 11.2 Å². The molecule has 0 saturated heterocycles. The molecule has 0 radical (unpaired) electrons. The number of hydrogen-bond acceptors (Lipinski definition) is 1. The van der Waals surface area contributed by atoms with Crippen LogP contribution in [0, 0.1) is 6.92 Å². The second kappa shape index (κ2) is 6.80. The van der Waals surface area contributed by atoms with Gasteiger partial charge in [0.1, 0.15) is 0 Å². The third kappa shape index (κ3) is 4.90. The average Bonchev–Trinajstić information content (AvgIpc) is 2.26. The average molecular weight is 298 g/mol. The van der Waals surface area contributed by atoms with Gasteiger partial charge in [-0.1, -0.05) is 47.1 Å². The highest BCUT2D eigenvalue weighted by Crippen LogP contribution is 2.10. The lowest BCUT2D eigenvalue weighted by molar-refractivity contribution is -0.129. The molecule has 0 spiro atoms. The van der Waals surface area contributed by atoms with Crippen molar-refractivity contribution >= 4 is 21.8 Å². The Morgan fingerprint density at radius 1 is 1.41 bits per heavy atom. The Morgan fingerprint density at radius 3 is 2.65 bits per heavy atom. The molecule has 0 fully saturated rings. The normalized spacial score (nSPS) is 12.2. The molecule has 1 aromatic rings. The molecule has 1 atom stereocenters. The molecular formula is C14H20BrNO. The van der Waals surface area contributed by atoms with Crippen molar-refractivity contribution in [1.82, 2.24) is 4.90 Å². The first kappa shape index (κ1) is 14.2. The Labute approximate surface area is 112 Å². The molecule has 1 rings (SSSR count). The van der Waals surface area contributed by atoms with Gasteiger partial charge in [0.15, 0.2) is 0 Å². The van der Waals surface area contributed by atoms with Crippen molar-refractivity contribution in [3.8, 4) is 0 Å². The summed E-state index contributed by atoms with van der Waals surface area (Å²) >= 11 is 3.46. The summed E-state index contributed by atoms with van der Waals surface area (Å²) in [4.78, 5) is 14.0. The van der Waals surface area contributed by atoms with E-state index in [-0.39, 0.29) is 5.91 Å². The summed E-state index contributed by atoms with van der Waals surface area (Å²) in [6.45, 7) is 4.89. The van der Waals surface area contributed by atoms with Crippen LogP contribution in [0.5, 0.6) is 0 Å². The monoisotopic (exact) mass is 297 g/mol. The predicted octanol–water partition coefficient (Wildman–Crippen LogP) is 3.17. The highest BCUT2D eigenvalue weighted by Gasteiger charge is 2.11. The van der Waals surface area contributed by atoms with Crippen molar-refractivity contribution < 1.29 is 4.79 Å². The zero-order valence-corrected chi connectivity index (χ0v) is 12.3. The number of halogens is 1. The number of nitrogens with zero attached hydrogens (tertiary/aromatic N) is 1. The number of aryl methyl sites for hydroxylation is 2. The van der Waals surface area contributed by atoms with Gasteiger partial charge in [0, 0.05) is 24.8 Å². The van der Waals surface area contributed by atoms with Crippen LogP contribution in [0.4, 0.5) is 0 Å². The van der Waals surface area contributed by atoms with E-state index in [1.807, 2.05) is 26.1 Å². The van der Waals surface area contributed by atoms with Crippen molar-refractivity contribution in [2.24, 2.45) is 0 Å². The zero-order chi connectivity index (χ0) is 12.8. The third-order valence-corrected chi connectivity index (χ3v) is 3.11. The minimum absolute atomic E-state index is 0.208. The van der Waals surface area contributed by atoms with Gasteiger partial charge in [0.25, 0.3) is 0 Å². The fourth-order valence-corrected chi connectivity index (χ4v) is 2.24. The maximum atomic E-state index is 11.9. The summed E-state index contributed by atoms with van der Waals surface area (Å²) in [6.07, 6.45) is 1.41. The number of carbonyl (C=O) groups excluding carboxylic acids is 1. The van der Waals surface area contributed by atoms with Crippen molar-refractivity contribution in [2.45, 2.75) is 31.5 Å². The molecule has 1 unspecified atom stereocenters. The minimum atomic E-state index is 0.208. The second-order valence-electron chi connectivity index (χ2n) is 4.48. The van der Waals surface area contributed by atoms with Crippen LogP contribution < -0.4 is 0 Å². The summed E-state index contributed by atoms with van der Waals surface area (Å²) in [6, 6.07) is 8.23. The molecule has 0 N–H and O–H groups in total. The Balaban J connectivity index is 2.46. The fourth-order valence-electron chi connectivity index (χ4n) is 1.80. The largest absolute Gasteiger partial charge is 0.345 e. The number of alkyl halides is 1. The smallest absolute Gasteiger partial charge is 0.222 e. The van der Waals surface area contributed by atoms with Crippen LogP contribution in [0.3, 0.4) is 0 Å². The van der Waals surface area contributed by atoms with E-state index in [9.17, 15) is 4.79 Å². The molecule has 0 aliphatic rings. The van der Waals surface area contributed by atoms with Crippen LogP contribution >= 0.6 is 15.9 Å². The van der Waals surface area contributed by atoms with Gasteiger partial charge < -0.3 is 4.90 Å². The molecule has 3 heteroatoms. The van der Waals surface area contributed by atoms with E-state index >= 15 is 0 Å². The topological polar surface area (TPSA) is 20.3 Å². The molecule has 0 aliphatic carbocycles. The van der Waals surface area contributed by atoms with E-state index in [2.05, 4.69) is 35.0 Å². The van der Waals surface area contributed by atoms with E-state index in [1.165, 1.54) is 11.1 Å². The van der Waals surface area contributed by atoms with Crippen molar-refractivity contribution in [2.75, 3.05) is 13.6 Å². The highest BCUT2D eigenvalue weighted by atomic mass is 79.9. The molecule has 0 bridgehead atoms. The Morgan fingerprint density at radius 2 is 2.06 bits per heavy atom. The van der Waals surface area contributed by atoms with Gasteiger partial charge in [0.2, 0.25) is 5.91 Å². The number of amides is 1. The van der Waals surface area contributed by atoms with Crippen LogP contribution in [-0.4, -0.2) is 29.2 Å². The summed E-state index contributed by atoms with van der Waals surface area (Å²) in [5.41, 5.74) is 2.53. The molecule has 2 nitrogen and oxygen atoms in total. The fraction of sp³-hybridized carbons (Fsp3) is 0.500. The van der Waals surface area contributed by atoms with E-state index in [4.69, 9.17) is 0 Å². The Hall–Kier alpha value is -0.830. The molecule has 0 aromatic heterocycles. The first-order valence-corrected chi connectivity index (χ1v) is 6.85. The van der Waals surface area contributed by atoms with Crippen molar-refractivity contribution in [3.63, 3.8) is 0 Å². The van der Waals surface area contributed by atoms with E-state index in [1.54, 1.807) is 4.90 Å². The lowest BCUT2D eigenvalue weighted by Gasteiger charge is -2.18. The van der Waals surface area contributed by atoms with Crippen LogP contribution in [0.2, 0.25) is 0 Å². The van der Waals surface area contributed by atoms with Crippen LogP contribution in [0.25, 0.3) is 0 Å². The van der Waals surface area contributed by atoms with E-state index in [0.717, 1.165) is 13.0 Å². The Kier molecular flexibility index (Phi) is 5.69.